The number of anilines is 3. The maximum absolute atomic E-state index is 13.7. The molecule has 2 amide bonds. The number of hydrogen-bond donors (Lipinski definition) is 4. The van der Waals surface area contributed by atoms with Gasteiger partial charge in [-0.3, -0.25) is 0 Å². The number of amides is 2. The second kappa shape index (κ2) is 8.36. The summed E-state index contributed by atoms with van der Waals surface area (Å²) in [6.07, 6.45) is 0.671. The van der Waals surface area contributed by atoms with Gasteiger partial charge in [-0.15, -0.1) is 0 Å². The van der Waals surface area contributed by atoms with Crippen LogP contribution in [0.2, 0.25) is 0 Å². The molecule has 6 nitrogen and oxygen atoms in total. The lowest BCUT2D eigenvalue weighted by Gasteiger charge is -2.19. The first-order chi connectivity index (χ1) is 14.1. The molecular weight excluding hydrogens is 404 g/mol. The SMILES string of the molecule is Nc1ccc(OC2=CCC(NC(=O)Nc3cc(C(F)(F)F)ccc3F)C=C2)cc1N. The van der Waals surface area contributed by atoms with Gasteiger partial charge in [-0.2, -0.15) is 13.2 Å². The van der Waals surface area contributed by atoms with Gasteiger partial charge < -0.3 is 26.8 Å². The predicted octanol–water partition coefficient (Wildman–Crippen LogP) is 4.42. The Balaban J connectivity index is 1.56. The summed E-state index contributed by atoms with van der Waals surface area (Å²) < 4.78 is 57.7. The van der Waals surface area contributed by atoms with E-state index in [0.29, 0.717) is 47.5 Å². The lowest BCUT2D eigenvalue weighted by Crippen LogP contribution is -2.37. The molecule has 1 aliphatic carbocycles. The summed E-state index contributed by atoms with van der Waals surface area (Å²) in [5.41, 5.74) is 10.6. The maximum atomic E-state index is 13.7. The smallest absolute Gasteiger partial charge is 0.416 e. The van der Waals surface area contributed by atoms with Gasteiger partial charge in [-0.05, 0) is 48.9 Å². The fraction of sp³-hybridized carbons (Fsp3) is 0.150. The molecule has 1 aliphatic rings. The van der Waals surface area contributed by atoms with Crippen LogP contribution in [0.3, 0.4) is 0 Å². The molecule has 0 radical (unpaired) electrons. The number of nitrogens with one attached hydrogen (secondary N) is 2. The van der Waals surface area contributed by atoms with E-state index < -0.39 is 35.3 Å². The Hall–Kier alpha value is -3.69. The quantitative estimate of drug-likeness (QED) is 0.433. The number of hydrogen-bond acceptors (Lipinski definition) is 4. The van der Waals surface area contributed by atoms with Crippen molar-refractivity contribution in [2.45, 2.75) is 18.6 Å². The van der Waals surface area contributed by atoms with Crippen molar-refractivity contribution < 1.29 is 27.1 Å². The molecule has 0 spiro atoms. The van der Waals surface area contributed by atoms with E-state index in [4.69, 9.17) is 16.2 Å². The number of nitrogen functional groups attached to an aromatic ring is 2. The van der Waals surface area contributed by atoms with Gasteiger partial charge >= 0.3 is 12.2 Å². The highest BCUT2D eigenvalue weighted by atomic mass is 19.4. The summed E-state index contributed by atoms with van der Waals surface area (Å²) in [5.74, 6) is 0.0269. The van der Waals surface area contributed by atoms with E-state index in [0.717, 1.165) is 0 Å². The van der Waals surface area contributed by atoms with Gasteiger partial charge in [0.2, 0.25) is 0 Å². The molecule has 0 heterocycles. The molecule has 0 aromatic heterocycles. The second-order valence-corrected chi connectivity index (χ2v) is 6.49. The molecule has 158 valence electrons. The number of rotatable bonds is 4. The Labute approximate surface area is 169 Å². The summed E-state index contributed by atoms with van der Waals surface area (Å²) in [5, 5.41) is 4.63. The predicted molar refractivity (Wildman–Crippen MR) is 105 cm³/mol. The molecular formula is C20H18F4N4O2. The van der Waals surface area contributed by atoms with Crippen molar-refractivity contribution in [3.8, 4) is 5.75 Å². The summed E-state index contributed by atoms with van der Waals surface area (Å²) in [6, 6.07) is 5.33. The molecule has 0 aliphatic heterocycles. The van der Waals surface area contributed by atoms with Crippen LogP contribution in [0, 0.1) is 5.82 Å². The summed E-state index contributed by atoms with van der Waals surface area (Å²) >= 11 is 0. The Bertz CT molecular complexity index is 1020. The maximum Gasteiger partial charge on any atom is 0.416 e. The average Bonchev–Trinajstić information content (AvgIpc) is 2.67. The Kier molecular flexibility index (Phi) is 5.86. The highest BCUT2D eigenvalue weighted by molar-refractivity contribution is 5.89. The summed E-state index contributed by atoms with van der Waals surface area (Å²) in [6.45, 7) is 0. The largest absolute Gasteiger partial charge is 0.458 e. The molecule has 2 aromatic rings. The van der Waals surface area contributed by atoms with E-state index in [-0.39, 0.29) is 0 Å². The van der Waals surface area contributed by atoms with Crippen LogP contribution in [-0.4, -0.2) is 12.1 Å². The number of nitrogens with two attached hydrogens (primary N) is 2. The van der Waals surface area contributed by atoms with Gasteiger partial charge in [0, 0.05) is 6.07 Å². The summed E-state index contributed by atoms with van der Waals surface area (Å²) in [7, 11) is 0. The molecule has 1 atom stereocenters. The zero-order chi connectivity index (χ0) is 21.9. The summed E-state index contributed by atoms with van der Waals surface area (Å²) in [4.78, 5) is 12.1. The number of carbonyl (C=O) groups is 1. The Morgan fingerprint density at radius 1 is 1.10 bits per heavy atom. The van der Waals surface area contributed by atoms with Crippen LogP contribution in [0.15, 0.2) is 60.4 Å². The molecule has 0 saturated carbocycles. The van der Waals surface area contributed by atoms with Gasteiger partial charge in [0.25, 0.3) is 0 Å². The Morgan fingerprint density at radius 3 is 2.50 bits per heavy atom. The molecule has 30 heavy (non-hydrogen) atoms. The third kappa shape index (κ3) is 5.22. The van der Waals surface area contributed by atoms with Crippen molar-refractivity contribution in [3.63, 3.8) is 0 Å². The topological polar surface area (TPSA) is 102 Å². The third-order valence-electron chi connectivity index (χ3n) is 4.22. The number of benzene rings is 2. The van der Waals surface area contributed by atoms with E-state index in [2.05, 4.69) is 10.6 Å². The van der Waals surface area contributed by atoms with Gasteiger partial charge in [0.1, 0.15) is 17.3 Å². The number of alkyl halides is 3. The monoisotopic (exact) mass is 422 g/mol. The van der Waals surface area contributed by atoms with E-state index in [1.165, 1.54) is 0 Å². The number of carbonyl (C=O) groups excluding carboxylic acids is 1. The molecule has 0 bridgehead atoms. The van der Waals surface area contributed by atoms with Crippen LogP contribution >= 0.6 is 0 Å². The molecule has 1 unspecified atom stereocenters. The third-order valence-corrected chi connectivity index (χ3v) is 4.22. The zero-order valence-electron chi connectivity index (χ0n) is 15.5. The van der Waals surface area contributed by atoms with Crippen LogP contribution in [0.1, 0.15) is 12.0 Å². The van der Waals surface area contributed by atoms with Crippen molar-refractivity contribution >= 4 is 23.1 Å². The lowest BCUT2D eigenvalue weighted by atomic mass is 10.1. The van der Waals surface area contributed by atoms with Crippen LogP contribution in [-0.2, 0) is 6.18 Å². The van der Waals surface area contributed by atoms with Gasteiger partial charge in [0.05, 0.1) is 28.7 Å². The molecule has 0 saturated heterocycles. The van der Waals surface area contributed by atoms with E-state index in [9.17, 15) is 22.4 Å². The van der Waals surface area contributed by atoms with Gasteiger partial charge in [-0.25, -0.2) is 9.18 Å². The molecule has 2 aromatic carbocycles. The normalized spacial score (nSPS) is 16.0. The van der Waals surface area contributed by atoms with E-state index in [1.807, 2.05) is 0 Å². The van der Waals surface area contributed by atoms with E-state index in [1.54, 1.807) is 36.4 Å². The van der Waals surface area contributed by atoms with Crippen molar-refractivity contribution in [3.05, 3.63) is 71.8 Å². The minimum atomic E-state index is -4.65. The highest BCUT2D eigenvalue weighted by Gasteiger charge is 2.31. The minimum absolute atomic E-state index is 0.356. The first-order valence-electron chi connectivity index (χ1n) is 8.77. The first-order valence-corrected chi connectivity index (χ1v) is 8.77. The van der Waals surface area contributed by atoms with E-state index >= 15 is 0 Å². The van der Waals surface area contributed by atoms with Crippen LogP contribution in [0.4, 0.5) is 39.4 Å². The first kappa shape index (κ1) is 21.0. The van der Waals surface area contributed by atoms with Crippen molar-refractivity contribution in [1.29, 1.82) is 0 Å². The number of halogens is 4. The van der Waals surface area contributed by atoms with Crippen molar-refractivity contribution in [1.82, 2.24) is 5.32 Å². The average molecular weight is 422 g/mol. The van der Waals surface area contributed by atoms with Crippen molar-refractivity contribution in [2.24, 2.45) is 0 Å². The molecule has 0 fully saturated rings. The van der Waals surface area contributed by atoms with Crippen LogP contribution in [0.5, 0.6) is 5.75 Å². The van der Waals surface area contributed by atoms with Gasteiger partial charge in [0.15, 0.2) is 0 Å². The highest BCUT2D eigenvalue weighted by Crippen LogP contribution is 2.31. The number of urea groups is 1. The van der Waals surface area contributed by atoms with Crippen molar-refractivity contribution in [2.75, 3.05) is 16.8 Å². The molecule has 10 heteroatoms. The second-order valence-electron chi connectivity index (χ2n) is 6.49. The lowest BCUT2D eigenvalue weighted by molar-refractivity contribution is -0.137. The molecule has 6 N–H and O–H groups in total. The minimum Gasteiger partial charge on any atom is -0.458 e. The van der Waals surface area contributed by atoms with Crippen LogP contribution in [0.25, 0.3) is 0 Å². The van der Waals surface area contributed by atoms with Crippen LogP contribution < -0.4 is 26.8 Å². The standard InChI is InChI=1S/C20H18F4N4O2/c21-15-7-1-11(20(22,23)24)9-18(15)28-19(29)27-12-2-4-13(5-3-12)30-14-6-8-16(25)17(26)10-14/h1-2,4-10,12H,3,25-26H2,(H2,27,28,29). The fourth-order valence-corrected chi connectivity index (χ4v) is 2.66. The number of ether oxygens (including phenoxy) is 1. The fourth-order valence-electron chi connectivity index (χ4n) is 2.66. The zero-order valence-corrected chi connectivity index (χ0v) is 15.5. The Morgan fingerprint density at radius 2 is 1.87 bits per heavy atom. The number of allylic oxidation sites excluding steroid dienone is 1. The molecule has 3 rings (SSSR count). The van der Waals surface area contributed by atoms with Gasteiger partial charge in [-0.1, -0.05) is 6.08 Å².